The molecule has 198 valence electrons. The summed E-state index contributed by atoms with van der Waals surface area (Å²) in [4.78, 5) is 12.7. The van der Waals surface area contributed by atoms with Gasteiger partial charge in [0, 0.05) is 5.56 Å². The Labute approximate surface area is 220 Å². The second-order valence-electron chi connectivity index (χ2n) is 8.73. The molecule has 0 unspecified atom stereocenters. The van der Waals surface area contributed by atoms with E-state index in [0.29, 0.717) is 34.7 Å². The summed E-state index contributed by atoms with van der Waals surface area (Å²) in [6.45, 7) is 2.01. The first-order chi connectivity index (χ1) is 18.0. The minimum absolute atomic E-state index is 0.0880. The molecule has 5 nitrogen and oxygen atoms in total. The lowest BCUT2D eigenvalue weighted by Crippen LogP contribution is -2.10. The molecule has 3 aromatic rings. The van der Waals surface area contributed by atoms with Crippen molar-refractivity contribution in [2.24, 2.45) is 0 Å². The first-order valence-corrected chi connectivity index (χ1v) is 11.7. The number of benzene rings is 3. The van der Waals surface area contributed by atoms with Crippen molar-refractivity contribution in [1.82, 2.24) is 4.90 Å². The molecule has 38 heavy (non-hydrogen) atoms. The molecule has 0 fully saturated rings. The molecule has 8 heteroatoms. The quantitative estimate of drug-likeness (QED) is 0.354. The highest BCUT2D eigenvalue weighted by Crippen LogP contribution is 2.33. The smallest absolute Gasteiger partial charge is 0.416 e. The van der Waals surface area contributed by atoms with E-state index in [2.05, 4.69) is 11.8 Å². The number of rotatable bonds is 9. The van der Waals surface area contributed by atoms with Crippen molar-refractivity contribution in [1.29, 1.82) is 0 Å². The highest BCUT2D eigenvalue weighted by Gasteiger charge is 2.30. The zero-order chi connectivity index (χ0) is 27.7. The first kappa shape index (κ1) is 28.4. The highest BCUT2D eigenvalue weighted by molar-refractivity contribution is 5.80. The monoisotopic (exact) mass is 523 g/mol. The molecule has 3 aromatic carbocycles. The number of aliphatic carboxylic acids is 1. The largest absolute Gasteiger partial charge is 0.489 e. The summed E-state index contributed by atoms with van der Waals surface area (Å²) >= 11 is 0. The zero-order valence-electron chi connectivity index (χ0n) is 21.3. The van der Waals surface area contributed by atoms with Crippen molar-refractivity contribution >= 4 is 11.5 Å². The molecule has 3 rings (SSSR count). The van der Waals surface area contributed by atoms with E-state index >= 15 is 0 Å². The van der Waals surface area contributed by atoms with Gasteiger partial charge in [-0.15, -0.1) is 0 Å². The van der Waals surface area contributed by atoms with Crippen LogP contribution in [0.3, 0.4) is 0 Å². The first-order valence-electron chi connectivity index (χ1n) is 11.7. The van der Waals surface area contributed by atoms with Crippen LogP contribution in [0.4, 0.5) is 13.2 Å². The second-order valence-corrected chi connectivity index (χ2v) is 8.73. The van der Waals surface area contributed by atoms with E-state index in [0.717, 1.165) is 23.3 Å². The van der Waals surface area contributed by atoms with Gasteiger partial charge in [-0.1, -0.05) is 36.1 Å². The van der Waals surface area contributed by atoms with Crippen molar-refractivity contribution in [3.05, 3.63) is 101 Å². The summed E-state index contributed by atoms with van der Waals surface area (Å²) in [6.07, 6.45) is -2.74. The van der Waals surface area contributed by atoms with Gasteiger partial charge in [-0.2, -0.15) is 13.2 Å². The lowest BCUT2D eigenvalue weighted by molar-refractivity contribution is -0.139. The van der Waals surface area contributed by atoms with E-state index in [1.54, 1.807) is 37.3 Å². The predicted octanol–water partition coefficient (Wildman–Crippen LogP) is 5.90. The van der Waals surface area contributed by atoms with Crippen LogP contribution in [-0.2, 0) is 11.0 Å². The molecule has 0 saturated heterocycles. The minimum Gasteiger partial charge on any atom is -0.489 e. The number of hydrogen-bond acceptors (Lipinski definition) is 4. The van der Waals surface area contributed by atoms with Crippen LogP contribution in [0.1, 0.15) is 27.8 Å². The Hall–Kier alpha value is -4.22. The number of hydrogen-bond donors (Lipinski definition) is 1. The lowest BCUT2D eigenvalue weighted by atomic mass is 9.95. The summed E-state index contributed by atoms with van der Waals surface area (Å²) in [7, 11) is 3.85. The van der Waals surface area contributed by atoms with Gasteiger partial charge in [-0.05, 0) is 91.8 Å². The van der Waals surface area contributed by atoms with Gasteiger partial charge in [0.15, 0.2) is 6.61 Å². The number of aryl methyl sites for hydroxylation is 1. The molecule has 0 bridgehead atoms. The molecular weight excluding hydrogens is 495 g/mol. The molecule has 0 aliphatic rings. The molecule has 0 heterocycles. The van der Waals surface area contributed by atoms with Crippen LogP contribution in [-0.4, -0.2) is 49.8 Å². The molecule has 0 amide bonds. The van der Waals surface area contributed by atoms with Crippen LogP contribution in [0, 0.1) is 18.8 Å². The Morgan fingerprint density at radius 2 is 1.74 bits per heavy atom. The van der Waals surface area contributed by atoms with E-state index in [4.69, 9.17) is 14.6 Å². The van der Waals surface area contributed by atoms with Crippen LogP contribution in [0.5, 0.6) is 11.5 Å². The fraction of sp³-hybridized carbons (Fsp3) is 0.233. The maximum atomic E-state index is 13.4. The summed E-state index contributed by atoms with van der Waals surface area (Å²) < 4.78 is 51.3. The normalized spacial score (nSPS) is 11.6. The van der Waals surface area contributed by atoms with Crippen molar-refractivity contribution < 1.29 is 32.5 Å². The van der Waals surface area contributed by atoms with Crippen molar-refractivity contribution in [3.8, 4) is 23.3 Å². The van der Waals surface area contributed by atoms with Crippen LogP contribution in [0.25, 0.3) is 5.57 Å². The summed E-state index contributed by atoms with van der Waals surface area (Å²) in [5.74, 6) is 5.99. The van der Waals surface area contributed by atoms with Crippen LogP contribution >= 0.6 is 0 Å². The van der Waals surface area contributed by atoms with Crippen molar-refractivity contribution in [2.45, 2.75) is 13.1 Å². The van der Waals surface area contributed by atoms with Gasteiger partial charge in [-0.3, -0.25) is 4.90 Å². The van der Waals surface area contributed by atoms with Gasteiger partial charge in [0.05, 0.1) is 12.1 Å². The fourth-order valence-electron chi connectivity index (χ4n) is 3.53. The third kappa shape index (κ3) is 8.43. The molecule has 1 N–H and O–H groups in total. The summed E-state index contributed by atoms with van der Waals surface area (Å²) in [5.41, 5.74) is 2.47. The minimum atomic E-state index is -4.47. The maximum Gasteiger partial charge on any atom is 0.416 e. The van der Waals surface area contributed by atoms with Gasteiger partial charge >= 0.3 is 12.1 Å². The summed E-state index contributed by atoms with van der Waals surface area (Å²) in [5, 5.41) is 8.78. The van der Waals surface area contributed by atoms with E-state index in [1.807, 2.05) is 43.3 Å². The third-order valence-corrected chi connectivity index (χ3v) is 5.36. The number of carbonyl (C=O) groups is 1. The molecule has 0 atom stereocenters. The Kier molecular flexibility index (Phi) is 9.58. The molecule has 0 aromatic heterocycles. The van der Waals surface area contributed by atoms with E-state index in [9.17, 15) is 18.0 Å². The number of halogens is 3. The van der Waals surface area contributed by atoms with Gasteiger partial charge in [-0.25, -0.2) is 4.79 Å². The Morgan fingerprint density at radius 3 is 2.37 bits per heavy atom. The number of carboxylic acid groups (broad SMARTS) is 1. The van der Waals surface area contributed by atoms with Gasteiger partial charge in [0.1, 0.15) is 18.1 Å². The van der Waals surface area contributed by atoms with E-state index < -0.39 is 24.3 Å². The standard InChI is InChI=1S/C30H28F3NO4/c1-21-18-26(13-14-28(21)38-20-29(35)36)37-17-15-27(24-7-4-8-25(19-24)30(31,32)33)23-11-9-22(10-12-23)6-5-16-34(2)3/h4,7-15,18-19H,16-17,20H2,1-3H3,(H,35,36)/b27-15+. The Balaban J connectivity index is 1.87. The average molecular weight is 524 g/mol. The number of ether oxygens (including phenoxy) is 2. The van der Waals surface area contributed by atoms with Crippen LogP contribution < -0.4 is 9.47 Å². The van der Waals surface area contributed by atoms with E-state index in [1.165, 1.54) is 6.07 Å². The Morgan fingerprint density at radius 1 is 1.00 bits per heavy atom. The second kappa shape index (κ2) is 12.8. The highest BCUT2D eigenvalue weighted by atomic mass is 19.4. The van der Waals surface area contributed by atoms with Crippen LogP contribution in [0.2, 0.25) is 0 Å². The van der Waals surface area contributed by atoms with Crippen molar-refractivity contribution in [3.63, 3.8) is 0 Å². The summed E-state index contributed by atoms with van der Waals surface area (Å²) in [6, 6.07) is 17.4. The fourth-order valence-corrected chi connectivity index (χ4v) is 3.53. The molecule has 0 aliphatic carbocycles. The average Bonchev–Trinajstić information content (AvgIpc) is 2.86. The maximum absolute atomic E-state index is 13.4. The number of carboxylic acids is 1. The van der Waals surface area contributed by atoms with Crippen LogP contribution in [0.15, 0.2) is 72.8 Å². The molecule has 0 spiro atoms. The number of alkyl halides is 3. The van der Waals surface area contributed by atoms with E-state index in [-0.39, 0.29) is 6.61 Å². The topological polar surface area (TPSA) is 59.0 Å². The van der Waals surface area contributed by atoms with Gasteiger partial charge in [0.2, 0.25) is 0 Å². The molecular formula is C30H28F3NO4. The van der Waals surface area contributed by atoms with Gasteiger partial charge < -0.3 is 14.6 Å². The van der Waals surface area contributed by atoms with Gasteiger partial charge in [0.25, 0.3) is 0 Å². The molecule has 0 radical (unpaired) electrons. The zero-order valence-corrected chi connectivity index (χ0v) is 21.3. The molecule has 0 saturated carbocycles. The predicted molar refractivity (Wildman–Crippen MR) is 140 cm³/mol. The Bertz CT molecular complexity index is 1350. The SMILES string of the molecule is Cc1cc(OC/C=C(\c2ccc(C#CCN(C)C)cc2)c2cccc(C(F)(F)F)c2)ccc1OCC(=O)O. The lowest BCUT2D eigenvalue weighted by Gasteiger charge is -2.13. The van der Waals surface area contributed by atoms with Crippen molar-refractivity contribution in [2.75, 3.05) is 33.9 Å². The molecule has 0 aliphatic heterocycles. The number of nitrogens with zero attached hydrogens (tertiary/aromatic N) is 1. The third-order valence-electron chi connectivity index (χ3n) is 5.36.